The minimum Gasteiger partial charge on any atom is -0.488 e. The van der Waals surface area contributed by atoms with Crippen molar-refractivity contribution in [1.82, 2.24) is 15.1 Å². The summed E-state index contributed by atoms with van der Waals surface area (Å²) < 4.78 is 13.6. The lowest BCUT2D eigenvalue weighted by molar-refractivity contribution is 0.0188. The number of likely N-dealkylation sites (N-methyl/N-ethyl adjacent to an activating group) is 1. The van der Waals surface area contributed by atoms with Crippen LogP contribution in [0.2, 0.25) is 0 Å². The molecular formula is C14H25N3O2. The molecule has 1 fully saturated rings. The molecule has 1 saturated heterocycles. The van der Waals surface area contributed by atoms with Crippen LogP contribution in [0.1, 0.15) is 39.7 Å². The molecule has 0 radical (unpaired) electrons. The van der Waals surface area contributed by atoms with Gasteiger partial charge in [-0.15, -0.1) is 0 Å². The molecule has 1 aliphatic heterocycles. The van der Waals surface area contributed by atoms with E-state index in [0.29, 0.717) is 18.8 Å². The summed E-state index contributed by atoms with van der Waals surface area (Å²) in [4.78, 5) is 0. The minimum atomic E-state index is 0.214. The molecular weight excluding hydrogens is 242 g/mol. The van der Waals surface area contributed by atoms with Gasteiger partial charge in [-0.3, -0.25) is 4.68 Å². The van der Waals surface area contributed by atoms with Gasteiger partial charge in [-0.05, 0) is 33.2 Å². The van der Waals surface area contributed by atoms with E-state index in [2.05, 4.69) is 31.2 Å². The highest BCUT2D eigenvalue weighted by molar-refractivity contribution is 5.12. The standard InChI is InChI=1S/C14H25N3O2/c1-4-15-7-12-5-6-13(19-12)10-18-14-8-16-17(9-14)11(2)3/h8-9,11-13,15H,4-7,10H2,1-3H3. The summed E-state index contributed by atoms with van der Waals surface area (Å²) in [5.74, 6) is 0.826. The van der Waals surface area contributed by atoms with Crippen LogP contribution in [-0.4, -0.2) is 41.7 Å². The topological polar surface area (TPSA) is 48.3 Å². The monoisotopic (exact) mass is 267 g/mol. The number of hydrogen-bond acceptors (Lipinski definition) is 4. The Bertz CT molecular complexity index is 379. The second-order valence-corrected chi connectivity index (χ2v) is 5.33. The number of nitrogens with one attached hydrogen (secondary N) is 1. The SMILES string of the molecule is CCNCC1CCC(COc2cnn(C(C)C)c2)O1. The van der Waals surface area contributed by atoms with E-state index in [-0.39, 0.29) is 6.10 Å². The molecule has 0 bridgehead atoms. The Kier molecular flexibility index (Phi) is 5.22. The molecule has 0 amide bonds. The smallest absolute Gasteiger partial charge is 0.157 e. The number of rotatable bonds is 7. The van der Waals surface area contributed by atoms with Gasteiger partial charge in [0.15, 0.2) is 5.75 Å². The number of nitrogens with zero attached hydrogens (tertiary/aromatic N) is 2. The minimum absolute atomic E-state index is 0.214. The van der Waals surface area contributed by atoms with E-state index < -0.39 is 0 Å². The lowest BCUT2D eigenvalue weighted by Crippen LogP contribution is -2.28. The van der Waals surface area contributed by atoms with Gasteiger partial charge in [0.2, 0.25) is 0 Å². The first-order valence-electron chi connectivity index (χ1n) is 7.22. The van der Waals surface area contributed by atoms with Crippen molar-refractivity contribution in [2.75, 3.05) is 19.7 Å². The second-order valence-electron chi connectivity index (χ2n) is 5.33. The summed E-state index contributed by atoms with van der Waals surface area (Å²) in [5.41, 5.74) is 0. The molecule has 1 aliphatic rings. The maximum atomic E-state index is 5.92. The third-order valence-electron chi connectivity index (χ3n) is 3.36. The highest BCUT2D eigenvalue weighted by Crippen LogP contribution is 2.21. The van der Waals surface area contributed by atoms with Crippen LogP contribution >= 0.6 is 0 Å². The molecule has 2 heterocycles. The zero-order valence-electron chi connectivity index (χ0n) is 12.1. The van der Waals surface area contributed by atoms with Gasteiger partial charge in [0.05, 0.1) is 24.6 Å². The predicted octanol–water partition coefficient (Wildman–Crippen LogP) is 2.00. The highest BCUT2D eigenvalue weighted by Gasteiger charge is 2.25. The van der Waals surface area contributed by atoms with Crippen molar-refractivity contribution >= 4 is 0 Å². The van der Waals surface area contributed by atoms with Crippen molar-refractivity contribution in [3.63, 3.8) is 0 Å². The Labute approximate surface area is 115 Å². The van der Waals surface area contributed by atoms with Crippen LogP contribution in [0.15, 0.2) is 12.4 Å². The third kappa shape index (κ3) is 4.21. The Morgan fingerprint density at radius 1 is 1.47 bits per heavy atom. The van der Waals surface area contributed by atoms with Crippen LogP contribution in [0.4, 0.5) is 0 Å². The molecule has 0 aliphatic carbocycles. The molecule has 108 valence electrons. The molecule has 0 saturated carbocycles. The Hall–Kier alpha value is -1.07. The molecule has 0 aromatic carbocycles. The first kappa shape index (κ1) is 14.3. The Balaban J connectivity index is 1.71. The van der Waals surface area contributed by atoms with Crippen molar-refractivity contribution in [3.8, 4) is 5.75 Å². The number of aromatic nitrogens is 2. The predicted molar refractivity (Wildman–Crippen MR) is 74.5 cm³/mol. The largest absolute Gasteiger partial charge is 0.488 e. The molecule has 2 atom stereocenters. The summed E-state index contributed by atoms with van der Waals surface area (Å²) in [5, 5.41) is 7.58. The summed E-state index contributed by atoms with van der Waals surface area (Å²) in [6.45, 7) is 8.87. The van der Waals surface area contributed by atoms with Crippen molar-refractivity contribution in [1.29, 1.82) is 0 Å². The van der Waals surface area contributed by atoms with E-state index in [1.165, 1.54) is 0 Å². The molecule has 2 rings (SSSR count). The maximum absolute atomic E-state index is 5.92. The van der Waals surface area contributed by atoms with Crippen LogP contribution in [0.25, 0.3) is 0 Å². The van der Waals surface area contributed by atoms with Gasteiger partial charge in [0.1, 0.15) is 6.61 Å². The zero-order chi connectivity index (χ0) is 13.7. The summed E-state index contributed by atoms with van der Waals surface area (Å²) in [6.07, 6.45) is 6.46. The first-order valence-corrected chi connectivity index (χ1v) is 7.22. The van der Waals surface area contributed by atoms with Crippen LogP contribution in [0, 0.1) is 0 Å². The fraction of sp³-hybridized carbons (Fsp3) is 0.786. The molecule has 1 aromatic heterocycles. The number of ether oxygens (including phenoxy) is 2. The van der Waals surface area contributed by atoms with Crippen molar-refractivity contribution in [3.05, 3.63) is 12.4 Å². The van der Waals surface area contributed by atoms with Gasteiger partial charge in [0, 0.05) is 12.6 Å². The maximum Gasteiger partial charge on any atom is 0.157 e. The highest BCUT2D eigenvalue weighted by atomic mass is 16.5. The van der Waals surface area contributed by atoms with E-state index in [1.54, 1.807) is 6.20 Å². The van der Waals surface area contributed by atoms with Gasteiger partial charge < -0.3 is 14.8 Å². The summed E-state index contributed by atoms with van der Waals surface area (Å²) in [7, 11) is 0. The van der Waals surface area contributed by atoms with Crippen molar-refractivity contribution in [2.45, 2.75) is 51.9 Å². The molecule has 19 heavy (non-hydrogen) atoms. The third-order valence-corrected chi connectivity index (χ3v) is 3.36. The van der Waals surface area contributed by atoms with Crippen molar-refractivity contribution < 1.29 is 9.47 Å². The fourth-order valence-corrected chi connectivity index (χ4v) is 2.22. The molecule has 0 spiro atoms. The molecule has 2 unspecified atom stereocenters. The lowest BCUT2D eigenvalue weighted by atomic mass is 10.2. The van der Waals surface area contributed by atoms with Crippen LogP contribution in [0.3, 0.4) is 0 Å². The van der Waals surface area contributed by atoms with E-state index in [4.69, 9.17) is 9.47 Å². The van der Waals surface area contributed by atoms with Gasteiger partial charge in [-0.25, -0.2) is 0 Å². The zero-order valence-corrected chi connectivity index (χ0v) is 12.1. The first-order chi connectivity index (χ1) is 9.19. The summed E-state index contributed by atoms with van der Waals surface area (Å²) in [6, 6.07) is 0.365. The van der Waals surface area contributed by atoms with Crippen LogP contribution < -0.4 is 10.1 Å². The normalized spacial score (nSPS) is 23.2. The summed E-state index contributed by atoms with van der Waals surface area (Å²) >= 11 is 0. The van der Waals surface area contributed by atoms with Crippen molar-refractivity contribution in [2.24, 2.45) is 0 Å². The number of hydrogen-bond donors (Lipinski definition) is 1. The van der Waals surface area contributed by atoms with E-state index in [0.717, 1.165) is 31.7 Å². The average Bonchev–Trinajstić information content (AvgIpc) is 3.03. The molecule has 5 heteroatoms. The Morgan fingerprint density at radius 3 is 2.95 bits per heavy atom. The molecule has 5 nitrogen and oxygen atoms in total. The average molecular weight is 267 g/mol. The van der Waals surface area contributed by atoms with Crippen LogP contribution in [-0.2, 0) is 4.74 Å². The second kappa shape index (κ2) is 6.91. The van der Waals surface area contributed by atoms with Gasteiger partial charge in [-0.2, -0.15) is 5.10 Å². The van der Waals surface area contributed by atoms with E-state index in [9.17, 15) is 0 Å². The Morgan fingerprint density at radius 2 is 2.26 bits per heavy atom. The molecule has 1 aromatic rings. The van der Waals surface area contributed by atoms with E-state index in [1.807, 2.05) is 10.9 Å². The van der Waals surface area contributed by atoms with Crippen LogP contribution in [0.5, 0.6) is 5.75 Å². The quantitative estimate of drug-likeness (QED) is 0.821. The molecule has 1 N–H and O–H groups in total. The lowest BCUT2D eigenvalue weighted by Gasteiger charge is -2.14. The van der Waals surface area contributed by atoms with E-state index >= 15 is 0 Å². The van der Waals surface area contributed by atoms with Gasteiger partial charge >= 0.3 is 0 Å². The van der Waals surface area contributed by atoms with Gasteiger partial charge in [0.25, 0.3) is 0 Å². The van der Waals surface area contributed by atoms with Gasteiger partial charge in [-0.1, -0.05) is 6.92 Å². The fourth-order valence-electron chi connectivity index (χ4n) is 2.22.